The van der Waals surface area contributed by atoms with Crippen molar-refractivity contribution in [1.29, 1.82) is 0 Å². The van der Waals surface area contributed by atoms with Gasteiger partial charge in [-0.1, -0.05) is 45.4 Å². The minimum Gasteiger partial charge on any atom is -0.315 e. The van der Waals surface area contributed by atoms with Crippen LogP contribution in [-0.2, 0) is 6.42 Å². The van der Waals surface area contributed by atoms with Gasteiger partial charge in [-0.25, -0.2) is 0 Å². The smallest absolute Gasteiger partial charge is 0.162 e. The number of carbonyl (C=O) groups excluding carboxylic acids is 1. The van der Waals surface area contributed by atoms with Crippen LogP contribution < -0.4 is 5.32 Å². The fourth-order valence-electron chi connectivity index (χ4n) is 1.97. The van der Waals surface area contributed by atoms with Gasteiger partial charge in [-0.3, -0.25) is 4.79 Å². The van der Waals surface area contributed by atoms with Crippen molar-refractivity contribution in [3.8, 4) is 0 Å². The largest absolute Gasteiger partial charge is 0.315 e. The molecule has 100 valence electrons. The summed E-state index contributed by atoms with van der Waals surface area (Å²) < 4.78 is 0. The van der Waals surface area contributed by atoms with Crippen LogP contribution in [0.5, 0.6) is 0 Å². The summed E-state index contributed by atoms with van der Waals surface area (Å²) in [4.78, 5) is 12.0. The van der Waals surface area contributed by atoms with Crippen molar-refractivity contribution in [1.82, 2.24) is 5.32 Å². The van der Waals surface area contributed by atoms with Crippen LogP contribution in [0.4, 0.5) is 0 Å². The summed E-state index contributed by atoms with van der Waals surface area (Å²) in [7, 11) is 0. The molecule has 0 atom stereocenters. The molecule has 0 saturated heterocycles. The van der Waals surface area contributed by atoms with Gasteiger partial charge in [-0.05, 0) is 31.0 Å². The van der Waals surface area contributed by atoms with E-state index in [2.05, 4.69) is 32.2 Å². The second-order valence-corrected chi connectivity index (χ2v) is 5.09. The normalized spacial score (nSPS) is 10.9. The summed E-state index contributed by atoms with van der Waals surface area (Å²) in [5, 5.41) is 3.33. The number of nitrogens with one attached hydrogen (secondary N) is 1. The van der Waals surface area contributed by atoms with Gasteiger partial charge in [0.25, 0.3) is 0 Å². The molecule has 0 fully saturated rings. The predicted octanol–water partition coefficient (Wildman–Crippen LogP) is 3.60. The molecule has 18 heavy (non-hydrogen) atoms. The van der Waals surface area contributed by atoms with Gasteiger partial charge >= 0.3 is 0 Å². The lowest BCUT2D eigenvalue weighted by atomic mass is 10.0. The zero-order valence-electron chi connectivity index (χ0n) is 11.8. The first-order chi connectivity index (χ1) is 8.63. The predicted molar refractivity (Wildman–Crippen MR) is 77.1 cm³/mol. The summed E-state index contributed by atoms with van der Waals surface area (Å²) >= 11 is 0. The monoisotopic (exact) mass is 247 g/mol. The van der Waals surface area contributed by atoms with E-state index in [1.165, 1.54) is 5.56 Å². The van der Waals surface area contributed by atoms with Gasteiger partial charge in [0, 0.05) is 18.0 Å². The van der Waals surface area contributed by atoms with Crippen molar-refractivity contribution in [2.45, 2.75) is 52.5 Å². The molecule has 1 aromatic carbocycles. The van der Waals surface area contributed by atoms with E-state index in [0.29, 0.717) is 12.5 Å². The van der Waals surface area contributed by atoms with Crippen LogP contribution in [0.2, 0.25) is 0 Å². The highest BCUT2D eigenvalue weighted by Crippen LogP contribution is 2.10. The van der Waals surface area contributed by atoms with Gasteiger partial charge < -0.3 is 5.32 Å². The summed E-state index contributed by atoms with van der Waals surface area (Å²) in [5.74, 6) is 0.263. The quantitative estimate of drug-likeness (QED) is 0.562. The standard InChI is InChI=1S/C16H25NO/c1-4-7-14-8-5-9-15(12-14)16(18)10-6-11-17-13(2)3/h5,8-9,12-13,17H,4,6-7,10-11H2,1-3H3. The Morgan fingerprint density at radius 2 is 2.11 bits per heavy atom. The number of Topliss-reactive ketones (excluding diaryl/α,β-unsaturated/α-hetero) is 1. The van der Waals surface area contributed by atoms with Crippen LogP contribution in [0.1, 0.15) is 56.0 Å². The van der Waals surface area contributed by atoms with Crippen molar-refractivity contribution in [2.75, 3.05) is 6.54 Å². The van der Waals surface area contributed by atoms with E-state index in [4.69, 9.17) is 0 Å². The Hall–Kier alpha value is -1.15. The average Bonchev–Trinajstić information content (AvgIpc) is 2.35. The first-order valence-corrected chi connectivity index (χ1v) is 6.99. The minimum atomic E-state index is 0.263. The van der Waals surface area contributed by atoms with Gasteiger partial charge in [0.2, 0.25) is 0 Å². The molecule has 1 N–H and O–H groups in total. The van der Waals surface area contributed by atoms with E-state index in [0.717, 1.165) is 31.4 Å². The third-order valence-corrected chi connectivity index (χ3v) is 2.92. The van der Waals surface area contributed by atoms with E-state index in [1.54, 1.807) is 0 Å². The topological polar surface area (TPSA) is 29.1 Å². The molecule has 0 saturated carbocycles. The van der Waals surface area contributed by atoms with Crippen molar-refractivity contribution >= 4 is 5.78 Å². The van der Waals surface area contributed by atoms with E-state index in [9.17, 15) is 4.79 Å². The van der Waals surface area contributed by atoms with Gasteiger partial charge in [0.15, 0.2) is 5.78 Å². The third-order valence-electron chi connectivity index (χ3n) is 2.92. The first kappa shape index (κ1) is 14.9. The molecular weight excluding hydrogens is 222 g/mol. The second-order valence-electron chi connectivity index (χ2n) is 5.09. The Morgan fingerprint density at radius 3 is 2.78 bits per heavy atom. The highest BCUT2D eigenvalue weighted by Gasteiger charge is 2.06. The zero-order valence-corrected chi connectivity index (χ0v) is 11.8. The summed E-state index contributed by atoms with van der Waals surface area (Å²) in [5.41, 5.74) is 2.13. The molecule has 0 unspecified atom stereocenters. The minimum absolute atomic E-state index is 0.263. The Bertz CT molecular complexity index is 371. The van der Waals surface area contributed by atoms with Crippen LogP contribution in [0.25, 0.3) is 0 Å². The first-order valence-electron chi connectivity index (χ1n) is 6.99. The number of aryl methyl sites for hydroxylation is 1. The maximum Gasteiger partial charge on any atom is 0.162 e. The molecule has 2 heteroatoms. The SMILES string of the molecule is CCCc1cccc(C(=O)CCCNC(C)C)c1. The lowest BCUT2D eigenvalue weighted by Crippen LogP contribution is -2.24. The van der Waals surface area contributed by atoms with Crippen molar-refractivity contribution in [3.63, 3.8) is 0 Å². The van der Waals surface area contributed by atoms with Gasteiger partial charge in [0.1, 0.15) is 0 Å². The van der Waals surface area contributed by atoms with Gasteiger partial charge in [-0.15, -0.1) is 0 Å². The van der Waals surface area contributed by atoms with Gasteiger partial charge in [0.05, 0.1) is 0 Å². The molecule has 0 aliphatic rings. The Balaban J connectivity index is 2.43. The fraction of sp³-hybridized carbons (Fsp3) is 0.562. The highest BCUT2D eigenvalue weighted by molar-refractivity contribution is 5.96. The Kier molecular flexibility index (Phi) is 6.66. The maximum absolute atomic E-state index is 12.0. The molecule has 0 aromatic heterocycles. The summed E-state index contributed by atoms with van der Waals surface area (Å²) in [6.45, 7) is 7.32. The van der Waals surface area contributed by atoms with E-state index in [1.807, 2.05) is 18.2 Å². The molecule has 0 bridgehead atoms. The van der Waals surface area contributed by atoms with Crippen LogP contribution in [0, 0.1) is 0 Å². The number of benzene rings is 1. The van der Waals surface area contributed by atoms with Crippen LogP contribution >= 0.6 is 0 Å². The van der Waals surface area contributed by atoms with E-state index < -0.39 is 0 Å². The number of rotatable bonds is 8. The zero-order chi connectivity index (χ0) is 13.4. The Morgan fingerprint density at radius 1 is 1.33 bits per heavy atom. The molecule has 0 spiro atoms. The van der Waals surface area contributed by atoms with Gasteiger partial charge in [-0.2, -0.15) is 0 Å². The molecule has 0 heterocycles. The van der Waals surface area contributed by atoms with E-state index >= 15 is 0 Å². The number of hydrogen-bond acceptors (Lipinski definition) is 2. The molecule has 0 aliphatic heterocycles. The molecule has 0 amide bonds. The maximum atomic E-state index is 12.0. The average molecular weight is 247 g/mol. The van der Waals surface area contributed by atoms with Crippen molar-refractivity contribution < 1.29 is 4.79 Å². The number of carbonyl (C=O) groups is 1. The number of ketones is 1. The third kappa shape index (κ3) is 5.46. The number of hydrogen-bond donors (Lipinski definition) is 1. The van der Waals surface area contributed by atoms with Crippen LogP contribution in [0.15, 0.2) is 24.3 Å². The van der Waals surface area contributed by atoms with Crippen LogP contribution in [-0.4, -0.2) is 18.4 Å². The molecular formula is C16H25NO. The van der Waals surface area contributed by atoms with Crippen molar-refractivity contribution in [2.24, 2.45) is 0 Å². The summed E-state index contributed by atoms with van der Waals surface area (Å²) in [6, 6.07) is 8.55. The van der Waals surface area contributed by atoms with E-state index in [-0.39, 0.29) is 5.78 Å². The molecule has 0 radical (unpaired) electrons. The Labute approximate surface area is 111 Å². The van der Waals surface area contributed by atoms with Crippen molar-refractivity contribution in [3.05, 3.63) is 35.4 Å². The fourth-order valence-corrected chi connectivity index (χ4v) is 1.97. The lowest BCUT2D eigenvalue weighted by Gasteiger charge is -2.07. The second kappa shape index (κ2) is 8.04. The summed E-state index contributed by atoms with van der Waals surface area (Å²) in [6.07, 6.45) is 3.72. The molecule has 1 rings (SSSR count). The molecule has 0 aliphatic carbocycles. The highest BCUT2D eigenvalue weighted by atomic mass is 16.1. The molecule has 1 aromatic rings. The lowest BCUT2D eigenvalue weighted by molar-refractivity contribution is 0.0979. The van der Waals surface area contributed by atoms with Crippen LogP contribution in [0.3, 0.4) is 0 Å². The molecule has 2 nitrogen and oxygen atoms in total.